The molecule has 21 heavy (non-hydrogen) atoms. The largest absolute Gasteiger partial charge is 0.0619 e. The Kier molecular flexibility index (Phi) is 3.09. The van der Waals surface area contributed by atoms with Crippen LogP contribution in [0.3, 0.4) is 0 Å². The molecule has 0 aliphatic heterocycles. The summed E-state index contributed by atoms with van der Waals surface area (Å²) in [4.78, 5) is 0. The highest BCUT2D eigenvalue weighted by Crippen LogP contribution is 2.53. The van der Waals surface area contributed by atoms with Crippen molar-refractivity contribution in [3.05, 3.63) is 76.4 Å². The zero-order valence-corrected chi connectivity index (χ0v) is 13.7. The summed E-state index contributed by atoms with van der Waals surface area (Å²) in [5.74, 6) is 0. The Balaban J connectivity index is 2.17. The molecule has 1 aliphatic rings. The quantitative estimate of drug-likeness (QED) is 0.631. The molecule has 3 rings (SSSR count). The van der Waals surface area contributed by atoms with Gasteiger partial charge in [0.25, 0.3) is 0 Å². The molecule has 0 saturated carbocycles. The van der Waals surface area contributed by atoms with E-state index in [1.165, 1.54) is 27.8 Å². The molecule has 0 unspecified atom stereocenters. The van der Waals surface area contributed by atoms with Crippen molar-refractivity contribution in [1.29, 1.82) is 0 Å². The summed E-state index contributed by atoms with van der Waals surface area (Å²) < 4.78 is 0. The second-order valence-corrected chi connectivity index (χ2v) is 7.26. The van der Waals surface area contributed by atoms with E-state index in [0.717, 1.165) is 0 Å². The minimum absolute atomic E-state index is 0.0883. The van der Waals surface area contributed by atoms with Gasteiger partial charge in [-0.05, 0) is 29.2 Å². The van der Waals surface area contributed by atoms with E-state index in [1.807, 2.05) is 0 Å². The van der Waals surface area contributed by atoms with Crippen LogP contribution in [0.1, 0.15) is 49.9 Å². The molecule has 0 fully saturated rings. The molecular formula is C21H24. The molecule has 0 atom stereocenters. The fourth-order valence-electron chi connectivity index (χ4n) is 3.83. The fraction of sp³-hybridized carbons (Fsp3) is 0.333. The SMILES string of the molecule is Cc1ccc(C=C2C(C)(C)c3ccccc3C2(C)C)cc1. The minimum atomic E-state index is 0.0883. The number of fused-ring (bicyclic) bond motifs is 1. The average Bonchev–Trinajstić information content (AvgIpc) is 2.60. The van der Waals surface area contributed by atoms with Crippen LogP contribution < -0.4 is 0 Å². The first-order valence-electron chi connectivity index (χ1n) is 7.73. The molecule has 2 aromatic rings. The summed E-state index contributed by atoms with van der Waals surface area (Å²) in [6, 6.07) is 17.7. The molecule has 108 valence electrons. The van der Waals surface area contributed by atoms with Crippen LogP contribution in [0.25, 0.3) is 6.08 Å². The summed E-state index contributed by atoms with van der Waals surface area (Å²) in [5, 5.41) is 0. The fourth-order valence-corrected chi connectivity index (χ4v) is 3.83. The molecule has 0 saturated heterocycles. The van der Waals surface area contributed by atoms with Gasteiger partial charge in [0.05, 0.1) is 0 Å². The van der Waals surface area contributed by atoms with Crippen molar-refractivity contribution in [2.45, 2.75) is 45.4 Å². The standard InChI is InChI=1S/C21H24/c1-15-10-12-16(13-11-15)14-19-20(2,3)17-8-6-7-9-18(17)21(19,4)5/h6-14H,1-5H3. The lowest BCUT2D eigenvalue weighted by molar-refractivity contribution is 0.555. The molecule has 0 N–H and O–H groups in total. The molecule has 0 heterocycles. The average molecular weight is 276 g/mol. The maximum Gasteiger partial charge on any atom is 0.0120 e. The van der Waals surface area contributed by atoms with E-state index >= 15 is 0 Å². The van der Waals surface area contributed by atoms with Crippen LogP contribution in [0.15, 0.2) is 54.1 Å². The van der Waals surface area contributed by atoms with E-state index in [9.17, 15) is 0 Å². The van der Waals surface area contributed by atoms with Gasteiger partial charge in [-0.15, -0.1) is 0 Å². The predicted molar refractivity (Wildman–Crippen MR) is 91.7 cm³/mol. The number of rotatable bonds is 1. The summed E-state index contributed by atoms with van der Waals surface area (Å²) in [6.45, 7) is 11.5. The first kappa shape index (κ1) is 14.1. The van der Waals surface area contributed by atoms with Gasteiger partial charge in [-0.1, -0.05) is 87.9 Å². The first-order chi connectivity index (χ1) is 9.83. The molecule has 0 amide bonds. The molecule has 0 heteroatoms. The van der Waals surface area contributed by atoms with Gasteiger partial charge in [0, 0.05) is 10.8 Å². The monoisotopic (exact) mass is 276 g/mol. The number of hydrogen-bond acceptors (Lipinski definition) is 0. The van der Waals surface area contributed by atoms with Crippen LogP contribution in [0.5, 0.6) is 0 Å². The number of hydrogen-bond donors (Lipinski definition) is 0. The van der Waals surface area contributed by atoms with Crippen molar-refractivity contribution in [2.75, 3.05) is 0 Å². The van der Waals surface area contributed by atoms with Crippen LogP contribution in [0.2, 0.25) is 0 Å². The molecule has 1 aliphatic carbocycles. The number of allylic oxidation sites excluding steroid dienone is 1. The highest BCUT2D eigenvalue weighted by Gasteiger charge is 2.45. The Morgan fingerprint density at radius 3 is 1.67 bits per heavy atom. The van der Waals surface area contributed by atoms with Gasteiger partial charge < -0.3 is 0 Å². The zero-order chi connectivity index (χ0) is 15.3. The summed E-state index contributed by atoms with van der Waals surface area (Å²) >= 11 is 0. The van der Waals surface area contributed by atoms with Crippen LogP contribution in [-0.2, 0) is 10.8 Å². The summed E-state index contributed by atoms with van der Waals surface area (Å²) in [5.41, 5.74) is 7.22. The van der Waals surface area contributed by atoms with E-state index in [4.69, 9.17) is 0 Å². The van der Waals surface area contributed by atoms with E-state index in [-0.39, 0.29) is 10.8 Å². The van der Waals surface area contributed by atoms with Gasteiger partial charge in [-0.25, -0.2) is 0 Å². The van der Waals surface area contributed by atoms with Crippen LogP contribution in [0.4, 0.5) is 0 Å². The van der Waals surface area contributed by atoms with Gasteiger partial charge in [0.2, 0.25) is 0 Å². The number of benzene rings is 2. The molecular weight excluding hydrogens is 252 g/mol. The van der Waals surface area contributed by atoms with Crippen molar-refractivity contribution < 1.29 is 0 Å². The van der Waals surface area contributed by atoms with Gasteiger partial charge in [-0.2, -0.15) is 0 Å². The third-order valence-corrected chi connectivity index (χ3v) is 5.01. The zero-order valence-electron chi connectivity index (χ0n) is 13.7. The molecule has 2 aromatic carbocycles. The van der Waals surface area contributed by atoms with E-state index in [0.29, 0.717) is 0 Å². The van der Waals surface area contributed by atoms with Crippen LogP contribution in [0, 0.1) is 6.92 Å². The van der Waals surface area contributed by atoms with Gasteiger partial charge in [0.1, 0.15) is 0 Å². The Morgan fingerprint density at radius 2 is 1.19 bits per heavy atom. The highest BCUT2D eigenvalue weighted by atomic mass is 14.5. The lowest BCUT2D eigenvalue weighted by atomic mass is 9.75. The normalized spacial score (nSPS) is 18.4. The first-order valence-corrected chi connectivity index (χ1v) is 7.73. The third kappa shape index (κ3) is 2.14. The second-order valence-electron chi connectivity index (χ2n) is 7.26. The molecule has 0 aromatic heterocycles. The molecule has 0 bridgehead atoms. The van der Waals surface area contributed by atoms with Crippen molar-refractivity contribution in [2.24, 2.45) is 0 Å². The van der Waals surface area contributed by atoms with E-state index in [1.54, 1.807) is 0 Å². The van der Waals surface area contributed by atoms with Crippen molar-refractivity contribution >= 4 is 6.08 Å². The molecule has 0 spiro atoms. The maximum absolute atomic E-state index is 2.39. The Morgan fingerprint density at radius 1 is 0.714 bits per heavy atom. The summed E-state index contributed by atoms with van der Waals surface area (Å²) in [6.07, 6.45) is 2.39. The van der Waals surface area contributed by atoms with E-state index < -0.39 is 0 Å². The van der Waals surface area contributed by atoms with Crippen LogP contribution >= 0.6 is 0 Å². The van der Waals surface area contributed by atoms with Crippen molar-refractivity contribution in [3.63, 3.8) is 0 Å². The lowest BCUT2D eigenvalue weighted by Crippen LogP contribution is -2.23. The predicted octanol–water partition coefficient (Wildman–Crippen LogP) is 5.65. The van der Waals surface area contributed by atoms with Crippen LogP contribution in [-0.4, -0.2) is 0 Å². The Labute approximate surface area is 128 Å². The lowest BCUT2D eigenvalue weighted by Gasteiger charge is -2.29. The van der Waals surface area contributed by atoms with Crippen molar-refractivity contribution in [3.8, 4) is 0 Å². The Bertz CT molecular complexity index is 660. The maximum atomic E-state index is 2.39. The minimum Gasteiger partial charge on any atom is -0.0619 e. The van der Waals surface area contributed by atoms with Crippen molar-refractivity contribution in [1.82, 2.24) is 0 Å². The molecule has 0 radical (unpaired) electrons. The molecule has 0 nitrogen and oxygen atoms in total. The topological polar surface area (TPSA) is 0 Å². The Hall–Kier alpha value is -1.82. The summed E-state index contributed by atoms with van der Waals surface area (Å²) in [7, 11) is 0. The second kappa shape index (κ2) is 4.59. The third-order valence-electron chi connectivity index (χ3n) is 5.01. The number of aryl methyl sites for hydroxylation is 1. The smallest absolute Gasteiger partial charge is 0.0120 e. The van der Waals surface area contributed by atoms with Gasteiger partial charge in [0.15, 0.2) is 0 Å². The highest BCUT2D eigenvalue weighted by molar-refractivity contribution is 5.67. The van der Waals surface area contributed by atoms with Gasteiger partial charge >= 0.3 is 0 Å². The van der Waals surface area contributed by atoms with Gasteiger partial charge in [-0.3, -0.25) is 0 Å². The van der Waals surface area contributed by atoms with E-state index in [2.05, 4.69) is 89.2 Å².